The number of halogens is 1. The van der Waals surface area contributed by atoms with Crippen LogP contribution < -0.4 is 20.5 Å². The summed E-state index contributed by atoms with van der Waals surface area (Å²) in [4.78, 5) is 8.93. The van der Waals surface area contributed by atoms with Crippen molar-refractivity contribution in [3.8, 4) is 17.6 Å². The van der Waals surface area contributed by atoms with E-state index < -0.39 is 0 Å². The highest BCUT2D eigenvalue weighted by atomic mass is 35.5. The van der Waals surface area contributed by atoms with Gasteiger partial charge >= 0.3 is 0 Å². The van der Waals surface area contributed by atoms with Gasteiger partial charge in [-0.2, -0.15) is 5.26 Å². The molecule has 0 aliphatic carbocycles. The molecule has 2 aromatic heterocycles. The fourth-order valence-electron chi connectivity index (χ4n) is 3.69. The second-order valence-electron chi connectivity index (χ2n) is 9.36. The van der Waals surface area contributed by atoms with Crippen LogP contribution >= 0.6 is 11.6 Å². The third kappa shape index (κ3) is 5.45. The van der Waals surface area contributed by atoms with Crippen molar-refractivity contribution in [2.45, 2.75) is 39.7 Å². The molecule has 7 nitrogen and oxygen atoms in total. The van der Waals surface area contributed by atoms with Crippen LogP contribution in [-0.4, -0.2) is 16.6 Å². The van der Waals surface area contributed by atoms with E-state index in [1.165, 1.54) is 6.20 Å². The van der Waals surface area contributed by atoms with Gasteiger partial charge in [-0.25, -0.2) is 0 Å². The molecule has 0 aliphatic heterocycles. The average Bonchev–Trinajstić information content (AvgIpc) is 2.84. The highest BCUT2D eigenvalue weighted by Gasteiger charge is 2.16. The molecule has 0 bridgehead atoms. The van der Waals surface area contributed by atoms with Crippen molar-refractivity contribution in [2.75, 3.05) is 17.7 Å². The Morgan fingerprint density at radius 2 is 1.83 bits per heavy atom. The molecule has 2 heterocycles. The van der Waals surface area contributed by atoms with E-state index in [9.17, 15) is 5.26 Å². The van der Waals surface area contributed by atoms with E-state index in [1.807, 2.05) is 31.3 Å². The molecule has 0 spiro atoms. The Hall–Kier alpha value is -4.02. The van der Waals surface area contributed by atoms with Crippen LogP contribution in [0.4, 0.5) is 17.1 Å². The lowest BCUT2D eigenvalue weighted by Gasteiger charge is -2.18. The van der Waals surface area contributed by atoms with Crippen LogP contribution in [0.1, 0.15) is 44.5 Å². The molecule has 0 aliphatic rings. The van der Waals surface area contributed by atoms with Gasteiger partial charge in [0.15, 0.2) is 0 Å². The molecule has 4 rings (SSSR count). The minimum atomic E-state index is -0.00558. The predicted molar refractivity (Wildman–Crippen MR) is 144 cm³/mol. The molecule has 0 atom stereocenters. The van der Waals surface area contributed by atoms with Crippen molar-refractivity contribution in [1.82, 2.24) is 9.97 Å². The highest BCUT2D eigenvalue weighted by molar-refractivity contribution is 6.32. The first-order chi connectivity index (χ1) is 17.2. The molecule has 0 fully saturated rings. The Balaban J connectivity index is 1.55. The maximum atomic E-state index is 9.67. The van der Waals surface area contributed by atoms with Crippen LogP contribution in [0.2, 0.25) is 5.02 Å². The van der Waals surface area contributed by atoms with Crippen LogP contribution in [0.15, 0.2) is 54.9 Å². The van der Waals surface area contributed by atoms with Gasteiger partial charge in [-0.05, 0) is 37.3 Å². The van der Waals surface area contributed by atoms with E-state index >= 15 is 0 Å². The minimum absolute atomic E-state index is 0.00558. The molecule has 0 saturated heterocycles. The Morgan fingerprint density at radius 3 is 2.47 bits per heavy atom. The number of nitriles is 1. The quantitative estimate of drug-likeness (QED) is 0.269. The number of aromatic nitrogens is 2. The summed E-state index contributed by atoms with van der Waals surface area (Å²) in [5.74, 6) is 1.11. The van der Waals surface area contributed by atoms with Crippen molar-refractivity contribution in [3.05, 3.63) is 76.7 Å². The fraction of sp³-hybridized carbons (Fsp3) is 0.250. The van der Waals surface area contributed by atoms with Crippen LogP contribution in [0.25, 0.3) is 10.9 Å². The summed E-state index contributed by atoms with van der Waals surface area (Å²) in [5.41, 5.74) is 10.9. The molecule has 4 aromatic rings. The first kappa shape index (κ1) is 25.1. The van der Waals surface area contributed by atoms with Crippen LogP contribution in [0.3, 0.4) is 0 Å². The first-order valence-corrected chi connectivity index (χ1v) is 12.0. The van der Waals surface area contributed by atoms with E-state index in [2.05, 4.69) is 42.1 Å². The maximum Gasteiger partial charge on any atom is 0.144 e. The Labute approximate surface area is 215 Å². The summed E-state index contributed by atoms with van der Waals surface area (Å²) in [6.45, 7) is 9.11. The van der Waals surface area contributed by atoms with Gasteiger partial charge in [0.05, 0.1) is 34.1 Å². The number of hydrogen-bond acceptors (Lipinski definition) is 7. The molecule has 3 N–H and O–H groups in total. The number of nitrogens with zero attached hydrogens (tertiary/aromatic N) is 3. The second-order valence-corrected chi connectivity index (χ2v) is 9.77. The molecule has 0 radical (unpaired) electrons. The van der Waals surface area contributed by atoms with Gasteiger partial charge in [-0.1, -0.05) is 38.4 Å². The molecule has 36 heavy (non-hydrogen) atoms. The van der Waals surface area contributed by atoms with Gasteiger partial charge in [-0.15, -0.1) is 0 Å². The third-order valence-corrected chi connectivity index (χ3v) is 5.90. The minimum Gasteiger partial charge on any atom is -0.492 e. The topological polar surface area (TPSA) is 106 Å². The Morgan fingerprint density at radius 1 is 1.03 bits per heavy atom. The number of nitrogens with two attached hydrogens (primary N) is 1. The largest absolute Gasteiger partial charge is 0.492 e. The lowest BCUT2D eigenvalue weighted by Crippen LogP contribution is -2.13. The molecule has 184 valence electrons. The molecule has 0 unspecified atom stereocenters. The predicted octanol–water partition coefficient (Wildman–Crippen LogP) is 6.76. The summed E-state index contributed by atoms with van der Waals surface area (Å²) >= 11 is 6.53. The number of fused-ring (bicyclic) bond motifs is 1. The number of ether oxygens (including phenoxy) is 2. The first-order valence-electron chi connectivity index (χ1n) is 11.6. The molecule has 8 heteroatoms. The standard InChI is InChI=1S/C28H28ClN5O2/c1-5-35-25-12-23-20(11-22(25)31)27(18(13-30)15-32-23)34-19-7-8-24(21(29)10-19)36-16-17-6-9-26(33-14-17)28(2,3)4/h6-12,14-15H,5,16,31H2,1-4H3,(H,32,34). The van der Waals surface area contributed by atoms with Crippen molar-refractivity contribution < 1.29 is 9.47 Å². The van der Waals surface area contributed by atoms with E-state index in [1.54, 1.807) is 24.3 Å². The van der Waals surface area contributed by atoms with E-state index in [0.29, 0.717) is 63.3 Å². The van der Waals surface area contributed by atoms with Gasteiger partial charge in [0.25, 0.3) is 0 Å². The van der Waals surface area contributed by atoms with E-state index in [4.69, 9.17) is 26.8 Å². The second kappa shape index (κ2) is 10.3. The van der Waals surface area contributed by atoms with Crippen LogP contribution in [-0.2, 0) is 12.0 Å². The maximum absolute atomic E-state index is 9.67. The molecule has 0 amide bonds. The molecular formula is C28H28ClN5O2. The lowest BCUT2D eigenvalue weighted by molar-refractivity contribution is 0.306. The monoisotopic (exact) mass is 501 g/mol. The SMILES string of the molecule is CCOc1cc2ncc(C#N)c(Nc3ccc(OCc4ccc(C(C)(C)C)nc4)c(Cl)c3)c2cc1N. The van der Waals surface area contributed by atoms with E-state index in [-0.39, 0.29) is 5.41 Å². The molecule has 2 aromatic carbocycles. The Kier molecular flexibility index (Phi) is 7.18. The van der Waals surface area contributed by atoms with Crippen molar-refractivity contribution in [1.29, 1.82) is 5.26 Å². The summed E-state index contributed by atoms with van der Waals surface area (Å²) < 4.78 is 11.5. The number of pyridine rings is 2. The number of benzene rings is 2. The number of nitrogen functional groups attached to an aromatic ring is 1. The fourth-order valence-corrected chi connectivity index (χ4v) is 3.93. The van der Waals surface area contributed by atoms with Crippen LogP contribution in [0, 0.1) is 11.3 Å². The third-order valence-electron chi connectivity index (χ3n) is 5.61. The summed E-state index contributed by atoms with van der Waals surface area (Å²) in [5, 5.41) is 14.1. The van der Waals surface area contributed by atoms with Gasteiger partial charge in [0.2, 0.25) is 0 Å². The number of rotatable bonds is 7. The van der Waals surface area contributed by atoms with Crippen LogP contribution in [0.5, 0.6) is 11.5 Å². The van der Waals surface area contributed by atoms with Crippen molar-refractivity contribution in [2.24, 2.45) is 0 Å². The zero-order chi connectivity index (χ0) is 25.9. The summed E-state index contributed by atoms with van der Waals surface area (Å²) in [7, 11) is 0. The lowest BCUT2D eigenvalue weighted by atomic mass is 9.91. The number of hydrogen-bond donors (Lipinski definition) is 2. The molecule has 0 saturated carbocycles. The number of nitrogens with one attached hydrogen (secondary N) is 1. The number of anilines is 3. The van der Waals surface area contributed by atoms with Crippen molar-refractivity contribution in [3.63, 3.8) is 0 Å². The normalized spacial score (nSPS) is 11.2. The van der Waals surface area contributed by atoms with Crippen molar-refractivity contribution >= 4 is 39.6 Å². The smallest absolute Gasteiger partial charge is 0.144 e. The van der Waals surface area contributed by atoms with Gasteiger partial charge in [0.1, 0.15) is 24.2 Å². The summed E-state index contributed by atoms with van der Waals surface area (Å²) in [6.07, 6.45) is 3.35. The van der Waals surface area contributed by atoms with Gasteiger partial charge in [0, 0.05) is 46.2 Å². The highest BCUT2D eigenvalue weighted by Crippen LogP contribution is 2.36. The zero-order valence-corrected chi connectivity index (χ0v) is 21.5. The van der Waals surface area contributed by atoms with Gasteiger partial charge in [-0.3, -0.25) is 9.97 Å². The van der Waals surface area contributed by atoms with E-state index in [0.717, 1.165) is 11.3 Å². The average molecular weight is 502 g/mol. The zero-order valence-electron chi connectivity index (χ0n) is 20.7. The molecular weight excluding hydrogens is 474 g/mol. The Bertz CT molecular complexity index is 1440. The summed E-state index contributed by atoms with van der Waals surface area (Å²) in [6, 6.07) is 15.1. The van der Waals surface area contributed by atoms with Gasteiger partial charge < -0.3 is 20.5 Å².